The van der Waals surface area contributed by atoms with Gasteiger partial charge in [0, 0.05) is 11.1 Å². The largest absolute Gasteiger partial charge is 0.324 e. The Morgan fingerprint density at radius 1 is 1.19 bits per heavy atom. The summed E-state index contributed by atoms with van der Waals surface area (Å²) in [5, 5.41) is 18.9. The van der Waals surface area contributed by atoms with Crippen LogP contribution < -0.4 is 5.32 Å². The highest BCUT2D eigenvalue weighted by Crippen LogP contribution is 2.38. The molecule has 1 saturated carbocycles. The molecule has 1 aliphatic rings. The van der Waals surface area contributed by atoms with Crippen molar-refractivity contribution in [2.75, 3.05) is 5.32 Å². The van der Waals surface area contributed by atoms with Crippen molar-refractivity contribution in [1.82, 2.24) is 19.7 Å². The number of hydrogen-bond acceptors (Lipinski definition) is 7. The summed E-state index contributed by atoms with van der Waals surface area (Å²) in [6.07, 6.45) is 4.58. The molecule has 3 heterocycles. The van der Waals surface area contributed by atoms with Crippen LogP contribution in [0.3, 0.4) is 0 Å². The summed E-state index contributed by atoms with van der Waals surface area (Å²) < 4.78 is 16.7. The van der Waals surface area contributed by atoms with Crippen molar-refractivity contribution in [3.63, 3.8) is 0 Å². The van der Waals surface area contributed by atoms with Crippen LogP contribution in [0.5, 0.6) is 0 Å². The molecule has 2 unspecified atom stereocenters. The molecule has 9 nitrogen and oxygen atoms in total. The lowest BCUT2D eigenvalue weighted by Crippen LogP contribution is -2.23. The van der Waals surface area contributed by atoms with Gasteiger partial charge in [0.25, 0.3) is 5.91 Å². The predicted octanol–water partition coefficient (Wildman–Crippen LogP) is 6.51. The van der Waals surface area contributed by atoms with E-state index in [1.807, 2.05) is 4.68 Å². The molecule has 1 amide bonds. The third-order valence-corrected chi connectivity index (χ3v) is 7.62. The Bertz CT molecular complexity index is 1480. The lowest BCUT2D eigenvalue weighted by molar-refractivity contribution is -0.380. The maximum absolute atomic E-state index is 14.8. The maximum Gasteiger partial charge on any atom is 0.324 e. The fourth-order valence-electron chi connectivity index (χ4n) is 4.90. The molecule has 1 aliphatic carbocycles. The summed E-state index contributed by atoms with van der Waals surface area (Å²) in [6.45, 7) is 4.42. The van der Waals surface area contributed by atoms with Crippen molar-refractivity contribution < 1.29 is 14.1 Å². The maximum atomic E-state index is 14.8. The lowest BCUT2D eigenvalue weighted by Gasteiger charge is -2.31. The molecule has 5 rings (SSSR count). The van der Waals surface area contributed by atoms with Gasteiger partial charge in [0.15, 0.2) is 11.5 Å². The molecule has 0 bridgehead atoms. The van der Waals surface area contributed by atoms with Crippen LogP contribution in [0.25, 0.3) is 22.4 Å². The molecule has 0 saturated heterocycles. The number of carbonyl (C=O) groups excluding carboxylic acids is 1. The zero-order valence-corrected chi connectivity index (χ0v) is 21.0. The Morgan fingerprint density at radius 2 is 1.94 bits per heavy atom. The zero-order valence-electron chi connectivity index (χ0n) is 19.4. The summed E-state index contributed by atoms with van der Waals surface area (Å²) in [5.41, 5.74) is 0.606. The fraction of sp³-hybridized carbons (Fsp3) is 0.333. The first-order chi connectivity index (χ1) is 17.2. The number of anilines is 1. The molecule has 4 aromatic rings. The number of carbonyl (C=O) groups is 1. The van der Waals surface area contributed by atoms with E-state index in [0.717, 1.165) is 30.6 Å². The first kappa shape index (κ1) is 24.3. The van der Waals surface area contributed by atoms with E-state index >= 15 is 0 Å². The Balaban J connectivity index is 1.61. The van der Waals surface area contributed by atoms with Gasteiger partial charge in [-0.3, -0.25) is 14.9 Å². The second kappa shape index (κ2) is 9.55. The van der Waals surface area contributed by atoms with Gasteiger partial charge >= 0.3 is 5.00 Å². The molecule has 186 valence electrons. The summed E-state index contributed by atoms with van der Waals surface area (Å²) in [4.78, 5) is 32.7. The van der Waals surface area contributed by atoms with Crippen molar-refractivity contribution >= 4 is 50.7 Å². The van der Waals surface area contributed by atoms with Gasteiger partial charge in [0.2, 0.25) is 0 Å². The molecule has 2 atom stereocenters. The van der Waals surface area contributed by atoms with Gasteiger partial charge in [-0.15, -0.1) is 0 Å². The normalized spacial score (nSPS) is 19.9. The van der Waals surface area contributed by atoms with Crippen molar-refractivity contribution in [2.45, 2.75) is 39.2 Å². The highest BCUT2D eigenvalue weighted by molar-refractivity contribution is 7.17. The molecule has 0 aliphatic heterocycles. The van der Waals surface area contributed by atoms with Crippen LogP contribution in [-0.4, -0.2) is 30.6 Å². The smallest absolute Gasteiger partial charge is 0.305 e. The van der Waals surface area contributed by atoms with E-state index in [0.29, 0.717) is 22.9 Å². The minimum absolute atomic E-state index is 0.0720. The van der Waals surface area contributed by atoms with Crippen LogP contribution in [0.2, 0.25) is 5.02 Å². The number of benzene rings is 1. The topological polar surface area (TPSA) is 116 Å². The standard InChI is InChI=1S/C24H22ClFN6O3S/c1-12-7-13(2)9-15(8-12)31-23-17(11-27-31)22(30-24(33)19-5-6-20(36-19)32(34)35)28-21(29-23)16-4-3-14(25)10-18(16)26/h3-6,10-13,15H,7-9H2,1-2H3,(H,28,29,30,33). The van der Waals surface area contributed by atoms with E-state index in [1.165, 1.54) is 24.3 Å². The molecule has 1 aromatic carbocycles. The molecule has 3 aromatic heterocycles. The van der Waals surface area contributed by atoms with E-state index in [4.69, 9.17) is 11.6 Å². The molecule has 1 fully saturated rings. The van der Waals surface area contributed by atoms with Gasteiger partial charge in [0.05, 0.1) is 33.0 Å². The minimum Gasteiger partial charge on any atom is -0.305 e. The Labute approximate surface area is 214 Å². The van der Waals surface area contributed by atoms with Gasteiger partial charge in [-0.25, -0.2) is 19.0 Å². The summed E-state index contributed by atoms with van der Waals surface area (Å²) in [6, 6.07) is 6.95. The van der Waals surface area contributed by atoms with Crippen LogP contribution >= 0.6 is 22.9 Å². The van der Waals surface area contributed by atoms with E-state index in [9.17, 15) is 19.3 Å². The predicted molar refractivity (Wildman–Crippen MR) is 136 cm³/mol. The molecule has 0 radical (unpaired) electrons. The van der Waals surface area contributed by atoms with E-state index in [2.05, 4.69) is 34.2 Å². The van der Waals surface area contributed by atoms with Crippen molar-refractivity contribution in [3.8, 4) is 11.4 Å². The number of thiophene rings is 1. The number of fused-ring (bicyclic) bond motifs is 1. The number of nitro groups is 1. The molecule has 12 heteroatoms. The quantitative estimate of drug-likeness (QED) is 0.233. The second-order valence-corrected chi connectivity index (χ2v) is 10.8. The number of nitrogens with zero attached hydrogens (tertiary/aromatic N) is 5. The molecular weight excluding hydrogens is 507 g/mol. The van der Waals surface area contributed by atoms with Gasteiger partial charge in [-0.2, -0.15) is 5.10 Å². The molecular formula is C24H22ClFN6O3S. The number of nitrogens with one attached hydrogen (secondary N) is 1. The molecule has 1 N–H and O–H groups in total. The first-order valence-electron chi connectivity index (χ1n) is 11.5. The van der Waals surface area contributed by atoms with Crippen LogP contribution in [0.4, 0.5) is 15.2 Å². The molecule has 36 heavy (non-hydrogen) atoms. The van der Waals surface area contributed by atoms with Gasteiger partial charge in [0.1, 0.15) is 11.6 Å². The Morgan fingerprint density at radius 3 is 2.61 bits per heavy atom. The van der Waals surface area contributed by atoms with Crippen LogP contribution in [0, 0.1) is 27.8 Å². The second-order valence-electron chi connectivity index (χ2n) is 9.27. The highest BCUT2D eigenvalue weighted by Gasteiger charge is 2.28. The number of halogens is 2. The van der Waals surface area contributed by atoms with Crippen molar-refractivity contribution in [2.24, 2.45) is 11.8 Å². The summed E-state index contributed by atoms with van der Waals surface area (Å²) in [5.74, 6) is 0.0854. The highest BCUT2D eigenvalue weighted by atomic mass is 35.5. The lowest BCUT2D eigenvalue weighted by atomic mass is 9.80. The minimum atomic E-state index is -0.598. The van der Waals surface area contributed by atoms with Gasteiger partial charge in [-0.1, -0.05) is 36.8 Å². The average Bonchev–Trinajstić information content (AvgIpc) is 3.46. The third-order valence-electron chi connectivity index (χ3n) is 6.35. The van der Waals surface area contributed by atoms with E-state index in [-0.39, 0.29) is 38.1 Å². The SMILES string of the molecule is CC1CC(C)CC(n2ncc3c(NC(=O)c4ccc([N+](=O)[O-])s4)nc(-c4ccc(Cl)cc4F)nc32)C1. The fourth-order valence-corrected chi connectivity index (χ4v) is 5.78. The van der Waals surface area contributed by atoms with E-state index < -0.39 is 16.6 Å². The number of rotatable bonds is 5. The Hall–Kier alpha value is -3.44. The monoisotopic (exact) mass is 528 g/mol. The molecule has 0 spiro atoms. The van der Waals surface area contributed by atoms with Gasteiger partial charge < -0.3 is 5.32 Å². The van der Waals surface area contributed by atoms with Crippen molar-refractivity contribution in [3.05, 3.63) is 62.4 Å². The van der Waals surface area contributed by atoms with Crippen molar-refractivity contribution in [1.29, 1.82) is 0 Å². The number of aromatic nitrogens is 4. The summed E-state index contributed by atoms with van der Waals surface area (Å²) >= 11 is 6.69. The summed E-state index contributed by atoms with van der Waals surface area (Å²) in [7, 11) is 0. The number of amides is 1. The average molecular weight is 529 g/mol. The Kier molecular flexibility index (Phi) is 6.44. The number of hydrogen-bond donors (Lipinski definition) is 1. The van der Waals surface area contributed by atoms with Crippen LogP contribution in [0.15, 0.2) is 36.5 Å². The van der Waals surface area contributed by atoms with Crippen LogP contribution in [0.1, 0.15) is 48.8 Å². The third kappa shape index (κ3) is 4.68. The first-order valence-corrected chi connectivity index (χ1v) is 12.6. The van der Waals surface area contributed by atoms with Gasteiger partial charge in [-0.05, 0) is 55.4 Å². The van der Waals surface area contributed by atoms with E-state index in [1.54, 1.807) is 12.3 Å². The zero-order chi connectivity index (χ0) is 25.6. The van der Waals surface area contributed by atoms with Crippen LogP contribution in [-0.2, 0) is 0 Å².